The first-order valence-corrected chi connectivity index (χ1v) is 7.51. The lowest BCUT2D eigenvalue weighted by Crippen LogP contribution is -1.99. The van der Waals surface area contributed by atoms with Crippen molar-refractivity contribution in [3.8, 4) is 5.75 Å². The summed E-state index contributed by atoms with van der Waals surface area (Å²) in [5.74, 6) is 0.769. The van der Waals surface area contributed by atoms with E-state index in [1.165, 1.54) is 11.3 Å². The van der Waals surface area contributed by atoms with Crippen LogP contribution in [0.25, 0.3) is 0 Å². The number of ether oxygens (including phenoxy) is 1. The first-order chi connectivity index (χ1) is 8.63. The Kier molecular flexibility index (Phi) is 4.67. The van der Waals surface area contributed by atoms with Crippen LogP contribution in [0.5, 0.6) is 5.75 Å². The van der Waals surface area contributed by atoms with Crippen LogP contribution in [0.15, 0.2) is 34.1 Å². The number of hydrogen-bond donors (Lipinski definition) is 1. The van der Waals surface area contributed by atoms with E-state index < -0.39 is 6.10 Å². The number of aliphatic hydroxyl groups excluding tert-OH is 1. The van der Waals surface area contributed by atoms with Gasteiger partial charge in [-0.25, -0.2) is 0 Å². The molecule has 2 aromatic rings. The molecule has 1 unspecified atom stereocenters. The van der Waals surface area contributed by atoms with E-state index in [1.54, 1.807) is 6.07 Å². The van der Waals surface area contributed by atoms with E-state index in [9.17, 15) is 5.11 Å². The molecule has 1 atom stereocenters. The number of benzene rings is 1. The summed E-state index contributed by atoms with van der Waals surface area (Å²) in [6.07, 6.45) is -0.704. The van der Waals surface area contributed by atoms with Gasteiger partial charge < -0.3 is 9.84 Å². The van der Waals surface area contributed by atoms with E-state index in [1.807, 2.05) is 30.5 Å². The second-order valence-electron chi connectivity index (χ2n) is 3.66. The molecule has 0 saturated heterocycles. The molecule has 1 aromatic heterocycles. The van der Waals surface area contributed by atoms with Crippen LogP contribution in [0.1, 0.15) is 23.5 Å². The van der Waals surface area contributed by atoms with Crippen molar-refractivity contribution >= 4 is 38.9 Å². The molecule has 0 radical (unpaired) electrons. The molecular weight excluding hydrogens is 336 g/mol. The molecule has 18 heavy (non-hydrogen) atoms. The van der Waals surface area contributed by atoms with Crippen LogP contribution in [0.2, 0.25) is 5.02 Å². The van der Waals surface area contributed by atoms with E-state index in [0.717, 1.165) is 20.7 Å². The van der Waals surface area contributed by atoms with Crippen molar-refractivity contribution in [1.29, 1.82) is 0 Å². The highest BCUT2D eigenvalue weighted by molar-refractivity contribution is 9.10. The van der Waals surface area contributed by atoms with Crippen molar-refractivity contribution in [3.05, 3.63) is 49.6 Å². The maximum absolute atomic E-state index is 10.3. The van der Waals surface area contributed by atoms with Gasteiger partial charge in [0.2, 0.25) is 0 Å². The monoisotopic (exact) mass is 346 g/mol. The van der Waals surface area contributed by atoms with Crippen molar-refractivity contribution in [2.24, 2.45) is 0 Å². The van der Waals surface area contributed by atoms with Crippen LogP contribution in [-0.4, -0.2) is 11.7 Å². The molecule has 96 valence electrons. The molecule has 1 aromatic carbocycles. The summed E-state index contributed by atoms with van der Waals surface area (Å²) in [6.45, 7) is 2.54. The smallest absolute Gasteiger partial charge is 0.133 e. The van der Waals surface area contributed by atoms with E-state index in [2.05, 4.69) is 15.9 Å². The molecule has 0 fully saturated rings. The Bertz CT molecular complexity index is 542. The van der Waals surface area contributed by atoms with E-state index in [-0.39, 0.29) is 0 Å². The fourth-order valence-electron chi connectivity index (χ4n) is 1.61. The van der Waals surface area contributed by atoms with E-state index in [4.69, 9.17) is 16.3 Å². The molecule has 0 spiro atoms. The third-order valence-electron chi connectivity index (χ3n) is 2.46. The molecule has 0 saturated carbocycles. The SMILES string of the molecule is CCOc1ccc(C(O)c2sccc2Cl)cc1Br. The first-order valence-electron chi connectivity index (χ1n) is 5.46. The van der Waals surface area contributed by atoms with Gasteiger partial charge in [-0.1, -0.05) is 17.7 Å². The Morgan fingerprint density at radius 1 is 1.44 bits per heavy atom. The number of hydrogen-bond acceptors (Lipinski definition) is 3. The van der Waals surface area contributed by atoms with Crippen molar-refractivity contribution in [1.82, 2.24) is 0 Å². The lowest BCUT2D eigenvalue weighted by Gasteiger charge is -2.12. The van der Waals surface area contributed by atoms with Crippen LogP contribution in [-0.2, 0) is 0 Å². The highest BCUT2D eigenvalue weighted by atomic mass is 79.9. The highest BCUT2D eigenvalue weighted by Crippen LogP contribution is 2.35. The summed E-state index contributed by atoms with van der Waals surface area (Å²) in [4.78, 5) is 0.757. The zero-order valence-electron chi connectivity index (χ0n) is 9.69. The number of thiophene rings is 1. The summed E-state index contributed by atoms with van der Waals surface area (Å²) < 4.78 is 6.26. The molecule has 5 heteroatoms. The van der Waals surface area contributed by atoms with E-state index in [0.29, 0.717) is 11.6 Å². The minimum atomic E-state index is -0.704. The van der Waals surface area contributed by atoms with Gasteiger partial charge in [-0.3, -0.25) is 0 Å². The molecule has 2 nitrogen and oxygen atoms in total. The fourth-order valence-corrected chi connectivity index (χ4v) is 3.29. The Hall–Kier alpha value is -0.550. The molecule has 0 aliphatic carbocycles. The predicted octanol–water partition coefficient (Wildman–Crippen LogP) is 4.64. The maximum atomic E-state index is 10.3. The minimum Gasteiger partial charge on any atom is -0.493 e. The quantitative estimate of drug-likeness (QED) is 0.872. The van der Waals surface area contributed by atoms with Gasteiger partial charge in [0.25, 0.3) is 0 Å². The predicted molar refractivity (Wildman–Crippen MR) is 78.7 cm³/mol. The van der Waals surface area contributed by atoms with Crippen molar-refractivity contribution in [2.75, 3.05) is 6.61 Å². The van der Waals surface area contributed by atoms with Gasteiger partial charge in [-0.05, 0) is 52.0 Å². The minimum absolute atomic E-state index is 0.595. The Labute approximate surface area is 123 Å². The summed E-state index contributed by atoms with van der Waals surface area (Å²) in [6, 6.07) is 7.32. The lowest BCUT2D eigenvalue weighted by atomic mass is 10.1. The highest BCUT2D eigenvalue weighted by Gasteiger charge is 2.16. The van der Waals surface area contributed by atoms with Gasteiger partial charge in [0.15, 0.2) is 0 Å². The largest absolute Gasteiger partial charge is 0.493 e. The van der Waals surface area contributed by atoms with Crippen LogP contribution in [0.4, 0.5) is 0 Å². The summed E-state index contributed by atoms with van der Waals surface area (Å²) in [5, 5.41) is 12.7. The molecule has 0 aliphatic rings. The second-order valence-corrected chi connectivity index (χ2v) is 5.87. The van der Waals surface area contributed by atoms with Crippen molar-refractivity contribution < 1.29 is 9.84 Å². The van der Waals surface area contributed by atoms with Crippen molar-refractivity contribution in [3.63, 3.8) is 0 Å². The van der Waals surface area contributed by atoms with Crippen LogP contribution < -0.4 is 4.74 Å². The Balaban J connectivity index is 2.29. The lowest BCUT2D eigenvalue weighted by molar-refractivity contribution is 0.224. The maximum Gasteiger partial charge on any atom is 0.133 e. The molecule has 2 rings (SSSR count). The normalized spacial score (nSPS) is 12.4. The molecular formula is C13H12BrClO2S. The van der Waals surface area contributed by atoms with Crippen molar-refractivity contribution in [2.45, 2.75) is 13.0 Å². The first kappa shape index (κ1) is 13.9. The third kappa shape index (κ3) is 2.88. The number of aliphatic hydroxyl groups is 1. The van der Waals surface area contributed by atoms with Gasteiger partial charge in [0.1, 0.15) is 11.9 Å². The average Bonchev–Trinajstić information content (AvgIpc) is 2.77. The van der Waals surface area contributed by atoms with Gasteiger partial charge in [-0.15, -0.1) is 11.3 Å². The second kappa shape index (κ2) is 6.06. The van der Waals surface area contributed by atoms with Gasteiger partial charge in [-0.2, -0.15) is 0 Å². The molecule has 1 heterocycles. The fraction of sp³-hybridized carbons (Fsp3) is 0.231. The zero-order valence-corrected chi connectivity index (χ0v) is 12.8. The standard InChI is InChI=1S/C13H12BrClO2S/c1-2-17-11-4-3-8(7-9(11)14)12(16)13-10(15)5-6-18-13/h3-7,12,16H,2H2,1H3. The van der Waals surface area contributed by atoms with Gasteiger partial charge in [0.05, 0.1) is 21.0 Å². The molecule has 0 aliphatic heterocycles. The number of halogens is 2. The third-order valence-corrected chi connectivity index (χ3v) is 4.50. The van der Waals surface area contributed by atoms with Crippen LogP contribution in [0.3, 0.4) is 0 Å². The zero-order chi connectivity index (χ0) is 13.1. The summed E-state index contributed by atoms with van der Waals surface area (Å²) in [7, 11) is 0. The Morgan fingerprint density at radius 2 is 2.22 bits per heavy atom. The van der Waals surface area contributed by atoms with Crippen LogP contribution >= 0.6 is 38.9 Å². The molecule has 0 bridgehead atoms. The van der Waals surface area contributed by atoms with E-state index >= 15 is 0 Å². The Morgan fingerprint density at radius 3 is 2.78 bits per heavy atom. The number of rotatable bonds is 4. The summed E-state index contributed by atoms with van der Waals surface area (Å²) >= 11 is 10.9. The van der Waals surface area contributed by atoms with Gasteiger partial charge >= 0.3 is 0 Å². The molecule has 1 N–H and O–H groups in total. The average molecular weight is 348 g/mol. The summed E-state index contributed by atoms with van der Waals surface area (Å²) in [5.41, 5.74) is 0.787. The van der Waals surface area contributed by atoms with Crippen LogP contribution in [0, 0.1) is 0 Å². The van der Waals surface area contributed by atoms with Gasteiger partial charge in [0, 0.05) is 0 Å². The molecule has 0 amide bonds. The topological polar surface area (TPSA) is 29.5 Å².